The number of nitrogens with two attached hydrogens (primary N) is 1. The molecule has 1 aliphatic rings. The molecular formula is C12H16F2N2O2S. The summed E-state index contributed by atoms with van der Waals surface area (Å²) >= 11 is 0. The normalized spacial score (nSPS) is 24.4. The molecule has 0 spiro atoms. The van der Waals surface area contributed by atoms with E-state index in [1.807, 2.05) is 0 Å². The van der Waals surface area contributed by atoms with Gasteiger partial charge in [-0.05, 0) is 25.0 Å². The van der Waals surface area contributed by atoms with E-state index in [4.69, 9.17) is 5.73 Å². The topological polar surface area (TPSA) is 72.2 Å². The van der Waals surface area contributed by atoms with Crippen LogP contribution in [0.25, 0.3) is 0 Å². The SMILES string of the molecule is N[C@@H]1CCCC[C@H]1NS(=O)(=O)c1c(F)cccc1F. The van der Waals surface area contributed by atoms with E-state index in [0.717, 1.165) is 31.0 Å². The number of sulfonamides is 1. The third-order valence-electron chi connectivity index (χ3n) is 3.31. The molecule has 1 fully saturated rings. The number of rotatable bonds is 3. The van der Waals surface area contributed by atoms with Gasteiger partial charge < -0.3 is 5.73 Å². The molecule has 7 heteroatoms. The molecule has 2 atom stereocenters. The largest absolute Gasteiger partial charge is 0.326 e. The molecule has 1 aliphatic carbocycles. The number of hydrogen-bond acceptors (Lipinski definition) is 3. The van der Waals surface area contributed by atoms with Crippen molar-refractivity contribution >= 4 is 10.0 Å². The molecule has 0 bridgehead atoms. The van der Waals surface area contributed by atoms with Gasteiger partial charge in [0, 0.05) is 12.1 Å². The van der Waals surface area contributed by atoms with E-state index < -0.39 is 32.6 Å². The molecule has 0 amide bonds. The zero-order valence-corrected chi connectivity index (χ0v) is 11.1. The molecule has 1 aromatic carbocycles. The molecule has 3 N–H and O–H groups in total. The van der Waals surface area contributed by atoms with Gasteiger partial charge in [-0.25, -0.2) is 21.9 Å². The average Bonchev–Trinajstić information content (AvgIpc) is 2.31. The number of halogens is 2. The monoisotopic (exact) mass is 290 g/mol. The molecule has 0 aromatic heterocycles. The number of nitrogens with one attached hydrogen (secondary N) is 1. The van der Waals surface area contributed by atoms with Gasteiger partial charge >= 0.3 is 0 Å². The minimum atomic E-state index is -4.23. The van der Waals surface area contributed by atoms with Crippen molar-refractivity contribution in [2.24, 2.45) is 5.73 Å². The van der Waals surface area contributed by atoms with E-state index in [2.05, 4.69) is 4.72 Å². The van der Waals surface area contributed by atoms with Gasteiger partial charge in [-0.3, -0.25) is 0 Å². The Hall–Kier alpha value is -1.05. The van der Waals surface area contributed by atoms with Crippen molar-refractivity contribution < 1.29 is 17.2 Å². The molecule has 19 heavy (non-hydrogen) atoms. The Kier molecular flexibility index (Phi) is 4.17. The Labute approximate surface area is 111 Å². The van der Waals surface area contributed by atoms with Crippen LogP contribution in [0.3, 0.4) is 0 Å². The molecule has 1 saturated carbocycles. The van der Waals surface area contributed by atoms with E-state index in [1.54, 1.807) is 0 Å². The Morgan fingerprint density at radius 1 is 1.16 bits per heavy atom. The lowest BCUT2D eigenvalue weighted by Crippen LogP contribution is -2.49. The first-order chi connectivity index (χ1) is 8.92. The third kappa shape index (κ3) is 3.10. The van der Waals surface area contributed by atoms with Crippen LogP contribution in [0.15, 0.2) is 23.1 Å². The van der Waals surface area contributed by atoms with Gasteiger partial charge in [0.25, 0.3) is 0 Å². The standard InChI is InChI=1S/C12H16F2N2O2S/c13-8-4-3-5-9(14)12(8)19(17,18)16-11-7-2-1-6-10(11)15/h3-5,10-11,16H,1-2,6-7,15H2/t10-,11-/m1/s1. The molecule has 106 valence electrons. The van der Waals surface area contributed by atoms with Crippen molar-refractivity contribution in [1.29, 1.82) is 0 Å². The molecule has 0 heterocycles. The van der Waals surface area contributed by atoms with Crippen LogP contribution < -0.4 is 10.5 Å². The van der Waals surface area contributed by atoms with E-state index >= 15 is 0 Å². The van der Waals surface area contributed by atoms with Crippen LogP contribution in [0.5, 0.6) is 0 Å². The maximum Gasteiger partial charge on any atom is 0.246 e. The van der Waals surface area contributed by atoms with Crippen molar-refractivity contribution in [2.45, 2.75) is 42.7 Å². The Morgan fingerprint density at radius 3 is 2.32 bits per heavy atom. The minimum absolute atomic E-state index is 0.321. The summed E-state index contributed by atoms with van der Waals surface area (Å²) in [6.45, 7) is 0. The molecule has 0 unspecified atom stereocenters. The lowest BCUT2D eigenvalue weighted by Gasteiger charge is -2.29. The van der Waals surface area contributed by atoms with Crippen LogP contribution in [0.2, 0.25) is 0 Å². The number of benzene rings is 1. The second kappa shape index (κ2) is 5.52. The van der Waals surface area contributed by atoms with Crippen LogP contribution in [0.4, 0.5) is 8.78 Å². The molecule has 0 radical (unpaired) electrons. The van der Waals surface area contributed by atoms with Gasteiger partial charge in [0.05, 0.1) is 0 Å². The molecule has 0 saturated heterocycles. The second-order valence-electron chi connectivity index (χ2n) is 4.73. The smallest absolute Gasteiger partial charge is 0.246 e. The molecular weight excluding hydrogens is 274 g/mol. The van der Waals surface area contributed by atoms with Crippen LogP contribution in [-0.4, -0.2) is 20.5 Å². The van der Waals surface area contributed by atoms with Crippen molar-refractivity contribution in [3.8, 4) is 0 Å². The summed E-state index contributed by atoms with van der Waals surface area (Å²) in [6, 6.07) is 2.16. The van der Waals surface area contributed by atoms with Gasteiger partial charge in [-0.2, -0.15) is 0 Å². The van der Waals surface area contributed by atoms with Gasteiger partial charge in [-0.1, -0.05) is 18.9 Å². The van der Waals surface area contributed by atoms with Crippen LogP contribution in [-0.2, 0) is 10.0 Å². The molecule has 0 aliphatic heterocycles. The summed E-state index contributed by atoms with van der Waals surface area (Å²) in [5.41, 5.74) is 5.83. The lowest BCUT2D eigenvalue weighted by molar-refractivity contribution is 0.360. The van der Waals surface area contributed by atoms with Gasteiger partial charge in [0.15, 0.2) is 4.90 Å². The summed E-state index contributed by atoms with van der Waals surface area (Å²) in [5, 5.41) is 0. The fourth-order valence-corrected chi connectivity index (χ4v) is 3.76. The van der Waals surface area contributed by atoms with Crippen molar-refractivity contribution in [2.75, 3.05) is 0 Å². The second-order valence-corrected chi connectivity index (χ2v) is 6.38. The fraction of sp³-hybridized carbons (Fsp3) is 0.500. The fourth-order valence-electron chi connectivity index (χ4n) is 2.30. The van der Waals surface area contributed by atoms with Crippen molar-refractivity contribution in [3.63, 3.8) is 0 Å². The summed E-state index contributed by atoms with van der Waals surface area (Å²) in [7, 11) is -4.23. The van der Waals surface area contributed by atoms with Gasteiger partial charge in [0.1, 0.15) is 11.6 Å². The summed E-state index contributed by atoms with van der Waals surface area (Å²) < 4.78 is 53.4. The van der Waals surface area contributed by atoms with Crippen molar-refractivity contribution in [1.82, 2.24) is 4.72 Å². The summed E-state index contributed by atoms with van der Waals surface area (Å²) in [6.07, 6.45) is 3.07. The lowest BCUT2D eigenvalue weighted by atomic mass is 9.92. The van der Waals surface area contributed by atoms with E-state index in [0.29, 0.717) is 12.8 Å². The highest BCUT2D eigenvalue weighted by Crippen LogP contribution is 2.22. The maximum atomic E-state index is 13.5. The average molecular weight is 290 g/mol. The Balaban J connectivity index is 2.27. The quantitative estimate of drug-likeness (QED) is 0.886. The zero-order chi connectivity index (χ0) is 14.0. The molecule has 1 aromatic rings. The first-order valence-corrected chi connectivity index (χ1v) is 7.62. The first kappa shape index (κ1) is 14.4. The van der Waals surface area contributed by atoms with Gasteiger partial charge in [-0.15, -0.1) is 0 Å². The highest BCUT2D eigenvalue weighted by atomic mass is 32.2. The first-order valence-electron chi connectivity index (χ1n) is 6.14. The number of hydrogen-bond donors (Lipinski definition) is 2. The highest BCUT2D eigenvalue weighted by molar-refractivity contribution is 7.89. The summed E-state index contributed by atoms with van der Waals surface area (Å²) in [4.78, 5) is -0.937. The Bertz CT molecular complexity index is 543. The highest BCUT2D eigenvalue weighted by Gasteiger charge is 2.30. The van der Waals surface area contributed by atoms with Crippen LogP contribution in [0, 0.1) is 11.6 Å². The van der Waals surface area contributed by atoms with Crippen LogP contribution >= 0.6 is 0 Å². The van der Waals surface area contributed by atoms with Crippen molar-refractivity contribution in [3.05, 3.63) is 29.8 Å². The maximum absolute atomic E-state index is 13.5. The van der Waals surface area contributed by atoms with E-state index in [9.17, 15) is 17.2 Å². The van der Waals surface area contributed by atoms with Gasteiger partial charge in [0.2, 0.25) is 10.0 Å². The minimum Gasteiger partial charge on any atom is -0.326 e. The third-order valence-corrected chi connectivity index (χ3v) is 4.85. The molecule has 2 rings (SSSR count). The molecule has 4 nitrogen and oxygen atoms in total. The predicted molar refractivity (Wildman–Crippen MR) is 66.9 cm³/mol. The van der Waals surface area contributed by atoms with Crippen LogP contribution in [0.1, 0.15) is 25.7 Å². The zero-order valence-electron chi connectivity index (χ0n) is 10.3. The Morgan fingerprint density at radius 2 is 1.74 bits per heavy atom. The summed E-state index contributed by atoms with van der Waals surface area (Å²) in [5.74, 6) is -2.20. The van der Waals surface area contributed by atoms with E-state index in [-0.39, 0.29) is 6.04 Å². The predicted octanol–water partition coefficient (Wildman–Crippen LogP) is 1.51. The van der Waals surface area contributed by atoms with E-state index in [1.165, 1.54) is 0 Å².